The van der Waals surface area contributed by atoms with Gasteiger partial charge in [0.1, 0.15) is 0 Å². The van der Waals surface area contributed by atoms with Crippen molar-refractivity contribution in [1.82, 2.24) is 4.98 Å². The zero-order chi connectivity index (χ0) is 11.5. The van der Waals surface area contributed by atoms with Gasteiger partial charge in [-0.3, -0.25) is 4.79 Å². The average Bonchev–Trinajstić information content (AvgIpc) is 2.68. The molecule has 1 heterocycles. The molecule has 3 nitrogen and oxygen atoms in total. The fourth-order valence-corrected chi connectivity index (χ4v) is 1.53. The Balaban J connectivity index is 2.14. The highest BCUT2D eigenvalue weighted by molar-refractivity contribution is 6.05. The van der Waals surface area contributed by atoms with Gasteiger partial charge in [-0.1, -0.05) is 17.7 Å². The lowest BCUT2D eigenvalue weighted by Crippen LogP contribution is -2.12. The van der Waals surface area contributed by atoms with Crippen molar-refractivity contribution in [1.29, 1.82) is 0 Å². The molecule has 0 unspecified atom stereocenters. The number of amides is 1. The minimum Gasteiger partial charge on any atom is -0.365 e. The summed E-state index contributed by atoms with van der Waals surface area (Å²) in [6, 6.07) is 9.52. The molecule has 0 saturated carbocycles. The Kier molecular flexibility index (Phi) is 2.77. The summed E-state index contributed by atoms with van der Waals surface area (Å²) in [5.74, 6) is -0.0809. The molecule has 3 heteroatoms. The smallest absolute Gasteiger partial charge is 0.257 e. The summed E-state index contributed by atoms with van der Waals surface area (Å²) < 4.78 is 0. The zero-order valence-electron chi connectivity index (χ0n) is 9.37. The fourth-order valence-electron chi connectivity index (χ4n) is 1.53. The third-order valence-corrected chi connectivity index (χ3v) is 2.51. The number of hydrogen-bond donors (Lipinski definition) is 2. The molecule has 1 amide bonds. The van der Waals surface area contributed by atoms with Crippen molar-refractivity contribution in [2.24, 2.45) is 0 Å². The molecule has 1 aromatic carbocycles. The molecule has 0 spiro atoms. The predicted molar refractivity (Wildman–Crippen MR) is 64.7 cm³/mol. The minimum atomic E-state index is -0.0809. The van der Waals surface area contributed by atoms with E-state index in [0.717, 1.165) is 11.4 Å². The van der Waals surface area contributed by atoms with Crippen LogP contribution in [0.5, 0.6) is 0 Å². The van der Waals surface area contributed by atoms with E-state index in [1.54, 1.807) is 12.3 Å². The Hall–Kier alpha value is -2.03. The largest absolute Gasteiger partial charge is 0.365 e. The third kappa shape index (κ3) is 2.14. The van der Waals surface area contributed by atoms with E-state index in [2.05, 4.69) is 10.3 Å². The van der Waals surface area contributed by atoms with Gasteiger partial charge >= 0.3 is 0 Å². The maximum absolute atomic E-state index is 11.8. The number of aromatic nitrogens is 1. The highest BCUT2D eigenvalue weighted by Crippen LogP contribution is 2.12. The quantitative estimate of drug-likeness (QED) is 0.793. The van der Waals surface area contributed by atoms with Crippen LogP contribution in [0.25, 0.3) is 0 Å². The van der Waals surface area contributed by atoms with Crippen LogP contribution in [-0.2, 0) is 0 Å². The Morgan fingerprint density at radius 3 is 2.38 bits per heavy atom. The van der Waals surface area contributed by atoms with Gasteiger partial charge in [0.05, 0.1) is 5.56 Å². The number of H-pyrrole nitrogens is 1. The first-order valence-electron chi connectivity index (χ1n) is 5.19. The van der Waals surface area contributed by atoms with Crippen LogP contribution in [0.3, 0.4) is 0 Å². The first-order valence-corrected chi connectivity index (χ1v) is 5.19. The van der Waals surface area contributed by atoms with Crippen LogP contribution < -0.4 is 5.32 Å². The molecular formula is C13H14N2O. The molecule has 1 aromatic heterocycles. The molecule has 2 aromatic rings. The number of aryl methyl sites for hydroxylation is 2. The second-order valence-electron chi connectivity index (χ2n) is 3.84. The molecular weight excluding hydrogens is 200 g/mol. The van der Waals surface area contributed by atoms with E-state index in [9.17, 15) is 4.79 Å². The molecule has 0 aliphatic carbocycles. The molecule has 2 N–H and O–H groups in total. The minimum absolute atomic E-state index is 0.0809. The zero-order valence-corrected chi connectivity index (χ0v) is 9.37. The van der Waals surface area contributed by atoms with Gasteiger partial charge in [0.15, 0.2) is 0 Å². The monoisotopic (exact) mass is 214 g/mol. The van der Waals surface area contributed by atoms with E-state index < -0.39 is 0 Å². The number of anilines is 1. The van der Waals surface area contributed by atoms with Crippen LogP contribution in [0.2, 0.25) is 0 Å². The summed E-state index contributed by atoms with van der Waals surface area (Å²) in [5.41, 5.74) is 3.55. The number of benzene rings is 1. The third-order valence-electron chi connectivity index (χ3n) is 2.51. The maximum atomic E-state index is 11.8. The van der Waals surface area contributed by atoms with E-state index in [-0.39, 0.29) is 5.91 Å². The molecule has 0 bridgehead atoms. The van der Waals surface area contributed by atoms with E-state index in [4.69, 9.17) is 0 Å². The van der Waals surface area contributed by atoms with Crippen molar-refractivity contribution in [2.45, 2.75) is 13.8 Å². The summed E-state index contributed by atoms with van der Waals surface area (Å²) in [5, 5.41) is 2.85. The highest BCUT2D eigenvalue weighted by atomic mass is 16.1. The van der Waals surface area contributed by atoms with Crippen molar-refractivity contribution in [3.8, 4) is 0 Å². The second kappa shape index (κ2) is 4.23. The van der Waals surface area contributed by atoms with Gasteiger partial charge in [-0.25, -0.2) is 0 Å². The number of aromatic amines is 1. The number of hydrogen-bond acceptors (Lipinski definition) is 1. The van der Waals surface area contributed by atoms with Crippen LogP contribution in [0, 0.1) is 13.8 Å². The summed E-state index contributed by atoms with van der Waals surface area (Å²) in [7, 11) is 0. The molecule has 0 saturated heterocycles. The first-order chi connectivity index (χ1) is 7.66. The summed E-state index contributed by atoms with van der Waals surface area (Å²) in [6.07, 6.45) is 1.76. The van der Waals surface area contributed by atoms with Crippen LogP contribution >= 0.6 is 0 Å². The van der Waals surface area contributed by atoms with Gasteiger partial charge in [0, 0.05) is 17.6 Å². The lowest BCUT2D eigenvalue weighted by molar-refractivity contribution is 0.102. The van der Waals surface area contributed by atoms with Crippen LogP contribution in [0.1, 0.15) is 21.6 Å². The molecule has 0 atom stereocenters. The molecule has 2 rings (SSSR count). The van der Waals surface area contributed by atoms with E-state index >= 15 is 0 Å². The van der Waals surface area contributed by atoms with Crippen molar-refractivity contribution in [2.75, 3.05) is 5.32 Å². The van der Waals surface area contributed by atoms with Crippen LogP contribution in [0.4, 0.5) is 5.69 Å². The lowest BCUT2D eigenvalue weighted by atomic mass is 10.2. The second-order valence-corrected chi connectivity index (χ2v) is 3.84. The summed E-state index contributed by atoms with van der Waals surface area (Å²) in [4.78, 5) is 14.8. The SMILES string of the molecule is Cc1ccc(NC(=O)c2cc[nH]c2C)cc1. The Morgan fingerprint density at radius 1 is 1.12 bits per heavy atom. The Morgan fingerprint density at radius 2 is 1.81 bits per heavy atom. The van der Waals surface area contributed by atoms with Crippen LogP contribution in [-0.4, -0.2) is 10.9 Å². The van der Waals surface area contributed by atoms with E-state index in [0.29, 0.717) is 5.56 Å². The molecule has 0 aliphatic rings. The lowest BCUT2D eigenvalue weighted by Gasteiger charge is -2.04. The summed E-state index contributed by atoms with van der Waals surface area (Å²) in [6.45, 7) is 3.89. The Labute approximate surface area is 94.5 Å². The van der Waals surface area contributed by atoms with Gasteiger partial charge in [0.2, 0.25) is 0 Å². The average molecular weight is 214 g/mol. The molecule has 0 radical (unpaired) electrons. The number of carbonyl (C=O) groups is 1. The van der Waals surface area contributed by atoms with Crippen molar-refractivity contribution in [3.63, 3.8) is 0 Å². The van der Waals surface area contributed by atoms with Crippen molar-refractivity contribution in [3.05, 3.63) is 53.3 Å². The Bertz CT molecular complexity index is 497. The van der Waals surface area contributed by atoms with Crippen LogP contribution in [0.15, 0.2) is 36.5 Å². The van der Waals surface area contributed by atoms with Gasteiger partial charge in [-0.05, 0) is 32.0 Å². The fraction of sp³-hybridized carbons (Fsp3) is 0.154. The maximum Gasteiger partial charge on any atom is 0.257 e. The van der Waals surface area contributed by atoms with Gasteiger partial charge in [0.25, 0.3) is 5.91 Å². The van der Waals surface area contributed by atoms with Crippen molar-refractivity contribution < 1.29 is 4.79 Å². The molecule has 0 fully saturated rings. The van der Waals surface area contributed by atoms with E-state index in [1.807, 2.05) is 38.1 Å². The standard InChI is InChI=1S/C13H14N2O/c1-9-3-5-11(6-4-9)15-13(16)12-7-8-14-10(12)2/h3-8,14H,1-2H3,(H,15,16). The molecule has 16 heavy (non-hydrogen) atoms. The number of rotatable bonds is 2. The van der Waals surface area contributed by atoms with Crippen molar-refractivity contribution >= 4 is 11.6 Å². The van der Waals surface area contributed by atoms with Gasteiger partial charge in [-0.2, -0.15) is 0 Å². The van der Waals surface area contributed by atoms with Gasteiger partial charge in [-0.15, -0.1) is 0 Å². The topological polar surface area (TPSA) is 44.9 Å². The summed E-state index contributed by atoms with van der Waals surface area (Å²) >= 11 is 0. The normalized spacial score (nSPS) is 10.1. The van der Waals surface area contributed by atoms with Gasteiger partial charge < -0.3 is 10.3 Å². The number of carbonyl (C=O) groups excluding carboxylic acids is 1. The first kappa shape index (κ1) is 10.5. The molecule has 0 aliphatic heterocycles. The number of nitrogens with one attached hydrogen (secondary N) is 2. The molecule has 82 valence electrons. The highest BCUT2D eigenvalue weighted by Gasteiger charge is 2.09. The van der Waals surface area contributed by atoms with E-state index in [1.165, 1.54) is 5.56 Å². The predicted octanol–water partition coefficient (Wildman–Crippen LogP) is 2.88.